The Morgan fingerprint density at radius 1 is 1.00 bits per heavy atom. The first-order valence-corrected chi connectivity index (χ1v) is 7.23. The van der Waals surface area contributed by atoms with Crippen LogP contribution in [0.5, 0.6) is 0 Å². The molecule has 2 aromatic carbocycles. The molecule has 2 rings (SSSR count). The first-order chi connectivity index (χ1) is 9.16. The van der Waals surface area contributed by atoms with E-state index in [1.54, 1.807) is 18.3 Å². The molecule has 0 saturated carbocycles. The molecule has 96 valence electrons. The summed E-state index contributed by atoms with van der Waals surface area (Å²) >= 11 is 6.77. The molecular formula is C15H11Br2NO. The van der Waals surface area contributed by atoms with Gasteiger partial charge in [-0.1, -0.05) is 28.1 Å². The van der Waals surface area contributed by atoms with E-state index in [1.165, 1.54) is 6.08 Å². The maximum Gasteiger partial charge on any atom is 0.187 e. The molecule has 0 aliphatic rings. The van der Waals surface area contributed by atoms with E-state index in [0.717, 1.165) is 14.6 Å². The number of rotatable bonds is 4. The Bertz CT molecular complexity index is 606. The maximum absolute atomic E-state index is 11.9. The second-order valence-electron chi connectivity index (χ2n) is 3.83. The highest BCUT2D eigenvalue weighted by Crippen LogP contribution is 2.21. The average Bonchev–Trinajstić information content (AvgIpc) is 2.41. The van der Waals surface area contributed by atoms with Crippen LogP contribution in [0.1, 0.15) is 10.4 Å². The fourth-order valence-electron chi connectivity index (χ4n) is 1.50. The van der Waals surface area contributed by atoms with Gasteiger partial charge in [0.15, 0.2) is 5.78 Å². The number of benzene rings is 2. The average molecular weight is 381 g/mol. The Balaban J connectivity index is 2.01. The predicted molar refractivity (Wildman–Crippen MR) is 85.4 cm³/mol. The maximum atomic E-state index is 11.9. The number of halogens is 2. The third-order valence-corrected chi connectivity index (χ3v) is 3.70. The third kappa shape index (κ3) is 4.04. The number of anilines is 1. The molecular weight excluding hydrogens is 370 g/mol. The van der Waals surface area contributed by atoms with E-state index in [9.17, 15) is 4.79 Å². The number of nitrogens with one attached hydrogen (secondary N) is 1. The summed E-state index contributed by atoms with van der Waals surface area (Å²) in [5, 5.41) is 3.07. The van der Waals surface area contributed by atoms with E-state index < -0.39 is 0 Å². The van der Waals surface area contributed by atoms with Crippen molar-refractivity contribution in [3.63, 3.8) is 0 Å². The number of hydrogen-bond acceptors (Lipinski definition) is 2. The Morgan fingerprint density at radius 3 is 2.37 bits per heavy atom. The summed E-state index contributed by atoms with van der Waals surface area (Å²) in [6.45, 7) is 0. The van der Waals surface area contributed by atoms with Gasteiger partial charge >= 0.3 is 0 Å². The van der Waals surface area contributed by atoms with E-state index in [0.29, 0.717) is 5.56 Å². The van der Waals surface area contributed by atoms with Crippen LogP contribution in [-0.2, 0) is 0 Å². The van der Waals surface area contributed by atoms with Crippen LogP contribution < -0.4 is 5.32 Å². The van der Waals surface area contributed by atoms with Crippen molar-refractivity contribution in [2.24, 2.45) is 0 Å². The molecule has 0 aliphatic carbocycles. The first-order valence-electron chi connectivity index (χ1n) is 5.64. The van der Waals surface area contributed by atoms with Gasteiger partial charge in [0.25, 0.3) is 0 Å². The minimum atomic E-state index is -0.0351. The summed E-state index contributed by atoms with van der Waals surface area (Å²) in [6.07, 6.45) is 3.16. The number of carbonyl (C=O) groups excluding carboxylic acids is 1. The molecule has 0 aliphatic heterocycles. The zero-order chi connectivity index (χ0) is 13.7. The molecule has 19 heavy (non-hydrogen) atoms. The molecule has 0 unspecified atom stereocenters. The molecule has 0 atom stereocenters. The second kappa shape index (κ2) is 6.68. The zero-order valence-corrected chi connectivity index (χ0v) is 13.1. The summed E-state index contributed by atoms with van der Waals surface area (Å²) in [5.41, 5.74) is 1.58. The van der Waals surface area contributed by atoms with Crippen molar-refractivity contribution in [1.82, 2.24) is 0 Å². The molecule has 0 radical (unpaired) electrons. The van der Waals surface area contributed by atoms with Crippen LogP contribution in [0.25, 0.3) is 0 Å². The Labute approximate surface area is 128 Å². The van der Waals surface area contributed by atoms with E-state index in [4.69, 9.17) is 0 Å². The molecule has 2 aromatic rings. The van der Waals surface area contributed by atoms with Crippen LogP contribution in [0.15, 0.2) is 69.8 Å². The van der Waals surface area contributed by atoms with Crippen molar-refractivity contribution in [2.75, 3.05) is 5.32 Å². The van der Waals surface area contributed by atoms with Crippen LogP contribution in [0.3, 0.4) is 0 Å². The lowest BCUT2D eigenvalue weighted by Gasteiger charge is -2.02. The Hall–Kier alpha value is -1.39. The van der Waals surface area contributed by atoms with Gasteiger partial charge in [-0.2, -0.15) is 0 Å². The minimum Gasteiger partial charge on any atom is -0.361 e. The van der Waals surface area contributed by atoms with Gasteiger partial charge in [0, 0.05) is 26.8 Å². The van der Waals surface area contributed by atoms with Crippen molar-refractivity contribution in [3.8, 4) is 0 Å². The highest BCUT2D eigenvalue weighted by atomic mass is 79.9. The van der Waals surface area contributed by atoms with E-state index in [1.807, 2.05) is 36.4 Å². The van der Waals surface area contributed by atoms with Crippen molar-refractivity contribution in [1.29, 1.82) is 0 Å². The Kier molecular flexibility index (Phi) is 4.93. The van der Waals surface area contributed by atoms with E-state index in [-0.39, 0.29) is 5.78 Å². The third-order valence-electron chi connectivity index (χ3n) is 2.48. The van der Waals surface area contributed by atoms with Gasteiger partial charge < -0.3 is 5.32 Å². The lowest BCUT2D eigenvalue weighted by molar-refractivity contribution is 0.104. The number of hydrogen-bond donors (Lipinski definition) is 1. The smallest absolute Gasteiger partial charge is 0.187 e. The first kappa shape index (κ1) is 14.0. The number of allylic oxidation sites excluding steroid dienone is 1. The van der Waals surface area contributed by atoms with E-state index in [2.05, 4.69) is 37.2 Å². The van der Waals surface area contributed by atoms with Gasteiger partial charge in [-0.25, -0.2) is 0 Å². The SMILES string of the molecule is O=C(/C=C/Nc1ccccc1Br)c1ccc(Br)cc1. The summed E-state index contributed by atoms with van der Waals surface area (Å²) < 4.78 is 1.91. The lowest BCUT2D eigenvalue weighted by atomic mass is 10.1. The van der Waals surface area contributed by atoms with Crippen LogP contribution in [-0.4, -0.2) is 5.78 Å². The fraction of sp³-hybridized carbons (Fsp3) is 0. The van der Waals surface area contributed by atoms with Gasteiger partial charge in [0.05, 0.1) is 5.69 Å². The van der Waals surface area contributed by atoms with Gasteiger partial charge in [0.1, 0.15) is 0 Å². The minimum absolute atomic E-state index is 0.0351. The van der Waals surface area contributed by atoms with Crippen molar-refractivity contribution >= 4 is 43.3 Å². The summed E-state index contributed by atoms with van der Waals surface area (Å²) in [5.74, 6) is -0.0351. The molecule has 1 N–H and O–H groups in total. The van der Waals surface area contributed by atoms with Gasteiger partial charge in [-0.05, 0) is 52.3 Å². The standard InChI is InChI=1S/C15H11Br2NO/c16-12-7-5-11(6-8-12)15(19)9-10-18-14-4-2-1-3-13(14)17/h1-10,18H/b10-9+. The molecule has 0 heterocycles. The number of ketones is 1. The van der Waals surface area contributed by atoms with Gasteiger partial charge in [-0.3, -0.25) is 4.79 Å². The van der Waals surface area contributed by atoms with Crippen LogP contribution in [0.4, 0.5) is 5.69 Å². The second-order valence-corrected chi connectivity index (χ2v) is 5.60. The topological polar surface area (TPSA) is 29.1 Å². The molecule has 0 aromatic heterocycles. The monoisotopic (exact) mass is 379 g/mol. The largest absolute Gasteiger partial charge is 0.361 e. The normalized spacial score (nSPS) is 10.6. The molecule has 0 bridgehead atoms. The van der Waals surface area contributed by atoms with E-state index >= 15 is 0 Å². The summed E-state index contributed by atoms with van der Waals surface area (Å²) in [4.78, 5) is 11.9. The Morgan fingerprint density at radius 2 is 1.68 bits per heavy atom. The van der Waals surface area contributed by atoms with Gasteiger partial charge in [-0.15, -0.1) is 0 Å². The van der Waals surface area contributed by atoms with Crippen molar-refractivity contribution in [2.45, 2.75) is 0 Å². The molecule has 0 amide bonds. The summed E-state index contributed by atoms with van der Waals surface area (Å²) in [6, 6.07) is 15.0. The highest BCUT2D eigenvalue weighted by molar-refractivity contribution is 9.10. The van der Waals surface area contributed by atoms with Crippen LogP contribution in [0, 0.1) is 0 Å². The molecule has 2 nitrogen and oxygen atoms in total. The summed E-state index contributed by atoms with van der Waals surface area (Å²) in [7, 11) is 0. The van der Waals surface area contributed by atoms with Crippen molar-refractivity contribution in [3.05, 3.63) is 75.3 Å². The zero-order valence-electron chi connectivity index (χ0n) is 9.94. The van der Waals surface area contributed by atoms with Gasteiger partial charge in [0.2, 0.25) is 0 Å². The highest BCUT2D eigenvalue weighted by Gasteiger charge is 2.01. The van der Waals surface area contributed by atoms with Crippen LogP contribution >= 0.6 is 31.9 Å². The van der Waals surface area contributed by atoms with Crippen molar-refractivity contribution < 1.29 is 4.79 Å². The van der Waals surface area contributed by atoms with Crippen LogP contribution in [0.2, 0.25) is 0 Å². The molecule has 0 spiro atoms. The quantitative estimate of drug-likeness (QED) is 0.595. The molecule has 4 heteroatoms. The number of carbonyl (C=O) groups is 1. The molecule has 0 fully saturated rings. The predicted octanol–water partition coefficient (Wildman–Crippen LogP) is 5.02. The fourth-order valence-corrected chi connectivity index (χ4v) is 2.16. The molecule has 0 saturated heterocycles. The lowest BCUT2D eigenvalue weighted by Crippen LogP contribution is -1.96. The number of para-hydroxylation sites is 1.